The van der Waals surface area contributed by atoms with E-state index in [9.17, 15) is 14.4 Å². The third kappa shape index (κ3) is 3.05. The minimum atomic E-state index is -1.17. The molecule has 3 fully saturated rings. The summed E-state index contributed by atoms with van der Waals surface area (Å²) in [5.41, 5.74) is 0.599. The molecule has 6 atom stereocenters. The summed E-state index contributed by atoms with van der Waals surface area (Å²) in [6, 6.07) is 0. The van der Waals surface area contributed by atoms with Gasteiger partial charge < -0.3 is 4.74 Å². The predicted octanol–water partition coefficient (Wildman–Crippen LogP) is 5.36. The summed E-state index contributed by atoms with van der Waals surface area (Å²) >= 11 is 0. The van der Waals surface area contributed by atoms with Gasteiger partial charge in [0.15, 0.2) is 17.2 Å². The zero-order valence-electron chi connectivity index (χ0n) is 18.8. The lowest BCUT2D eigenvalue weighted by atomic mass is 9.50. The van der Waals surface area contributed by atoms with Crippen LogP contribution in [-0.4, -0.2) is 23.1 Å². The summed E-state index contributed by atoms with van der Waals surface area (Å²) in [6.07, 6.45) is 10.3. The predicted molar refractivity (Wildman–Crippen MR) is 116 cm³/mol. The fourth-order valence-corrected chi connectivity index (χ4v) is 7.58. The van der Waals surface area contributed by atoms with Gasteiger partial charge in [-0.1, -0.05) is 32.4 Å². The van der Waals surface area contributed by atoms with Gasteiger partial charge in [-0.2, -0.15) is 0 Å². The highest BCUT2D eigenvalue weighted by Crippen LogP contribution is 2.67. The molecule has 0 N–H and O–H groups in total. The van der Waals surface area contributed by atoms with E-state index in [4.69, 9.17) is 4.74 Å². The fourth-order valence-electron chi connectivity index (χ4n) is 7.58. The molecule has 0 unspecified atom stereocenters. The van der Waals surface area contributed by atoms with Crippen molar-refractivity contribution in [2.24, 2.45) is 29.1 Å². The molecule has 0 aromatic heterocycles. The highest BCUT2D eigenvalue weighted by atomic mass is 16.6. The van der Waals surface area contributed by atoms with Crippen molar-refractivity contribution in [3.8, 4) is 0 Å². The molecule has 0 radical (unpaired) electrons. The first-order chi connectivity index (χ1) is 14.2. The highest BCUT2D eigenvalue weighted by molar-refractivity contribution is 5.93. The molecule has 0 aromatic rings. The molecule has 4 heteroatoms. The summed E-state index contributed by atoms with van der Waals surface area (Å²) in [5.74, 6) is 1.85. The van der Waals surface area contributed by atoms with E-state index >= 15 is 0 Å². The first-order valence-electron chi connectivity index (χ1n) is 11.9. The maximum atomic E-state index is 13.1. The Balaban J connectivity index is 1.65. The standard InChI is InChI=1S/C26H36O4/c1-5-6-7-24(29)30-26(17(3)27)16(2)14-23-22-10-8-18-15-19(28)9-11-20(18)21(22)12-13-25(23,26)4/h15,20-23H,2,5-14H2,1,3-4H3/t20-,21+,22+,23-,25-,26+/m0/s1. The van der Waals surface area contributed by atoms with Crippen molar-refractivity contribution in [2.45, 2.75) is 90.6 Å². The second-order valence-electron chi connectivity index (χ2n) is 10.4. The zero-order chi connectivity index (χ0) is 21.7. The van der Waals surface area contributed by atoms with Crippen molar-refractivity contribution in [3.63, 3.8) is 0 Å². The zero-order valence-corrected chi connectivity index (χ0v) is 18.8. The van der Waals surface area contributed by atoms with Crippen LogP contribution in [0.1, 0.15) is 85.0 Å². The monoisotopic (exact) mass is 412 g/mol. The van der Waals surface area contributed by atoms with Crippen LogP contribution in [0.25, 0.3) is 0 Å². The highest BCUT2D eigenvalue weighted by Gasteiger charge is 2.68. The number of ketones is 2. The molecule has 4 aliphatic rings. The van der Waals surface area contributed by atoms with Crippen LogP contribution in [0.15, 0.2) is 23.8 Å². The second kappa shape index (κ2) is 7.76. The van der Waals surface area contributed by atoms with Crippen molar-refractivity contribution in [2.75, 3.05) is 0 Å². The maximum Gasteiger partial charge on any atom is 0.307 e. The maximum absolute atomic E-state index is 13.1. The quantitative estimate of drug-likeness (QED) is 0.451. The molecule has 0 amide bonds. The normalized spacial score (nSPS) is 40.2. The summed E-state index contributed by atoms with van der Waals surface area (Å²) in [5, 5.41) is 0. The van der Waals surface area contributed by atoms with Gasteiger partial charge in [0.1, 0.15) is 0 Å². The number of allylic oxidation sites excluding steroid dienone is 1. The van der Waals surface area contributed by atoms with Crippen molar-refractivity contribution >= 4 is 17.5 Å². The van der Waals surface area contributed by atoms with Gasteiger partial charge >= 0.3 is 5.97 Å². The fraction of sp³-hybridized carbons (Fsp3) is 0.731. The molecule has 4 rings (SSSR count). The lowest BCUT2D eigenvalue weighted by Crippen LogP contribution is -2.58. The smallest absolute Gasteiger partial charge is 0.307 e. The van der Waals surface area contributed by atoms with Crippen molar-refractivity contribution < 1.29 is 19.1 Å². The summed E-state index contributed by atoms with van der Waals surface area (Å²) in [4.78, 5) is 37.7. The Morgan fingerprint density at radius 2 is 1.97 bits per heavy atom. The van der Waals surface area contributed by atoms with E-state index in [1.54, 1.807) is 6.92 Å². The minimum absolute atomic E-state index is 0.0690. The van der Waals surface area contributed by atoms with Crippen LogP contribution in [0.2, 0.25) is 0 Å². The Hall–Kier alpha value is -1.71. The van der Waals surface area contributed by atoms with Gasteiger partial charge in [0, 0.05) is 18.3 Å². The first-order valence-corrected chi connectivity index (χ1v) is 11.9. The Morgan fingerprint density at radius 1 is 1.20 bits per heavy atom. The third-order valence-corrected chi connectivity index (χ3v) is 8.96. The number of unbranched alkanes of at least 4 members (excludes halogenated alkanes) is 1. The van der Waals surface area contributed by atoms with Gasteiger partial charge in [-0.05, 0) is 87.2 Å². The van der Waals surface area contributed by atoms with E-state index in [2.05, 4.69) is 13.5 Å². The summed E-state index contributed by atoms with van der Waals surface area (Å²) in [6.45, 7) is 10.1. The van der Waals surface area contributed by atoms with Crippen LogP contribution in [0, 0.1) is 29.1 Å². The number of rotatable bonds is 5. The molecule has 0 bridgehead atoms. The number of hydrogen-bond donors (Lipinski definition) is 0. The lowest BCUT2D eigenvalue weighted by Gasteiger charge is -2.55. The van der Waals surface area contributed by atoms with E-state index in [0.717, 1.165) is 56.9 Å². The second-order valence-corrected chi connectivity index (χ2v) is 10.4. The van der Waals surface area contributed by atoms with Crippen molar-refractivity contribution in [3.05, 3.63) is 23.8 Å². The molecular formula is C26H36O4. The number of hydrogen-bond acceptors (Lipinski definition) is 4. The van der Waals surface area contributed by atoms with Crippen molar-refractivity contribution in [1.82, 2.24) is 0 Å². The minimum Gasteiger partial charge on any atom is -0.446 e. The average molecular weight is 413 g/mol. The Morgan fingerprint density at radius 3 is 2.67 bits per heavy atom. The number of Topliss-reactive ketones (excluding diaryl/α,β-unsaturated/α-hetero) is 1. The summed E-state index contributed by atoms with van der Waals surface area (Å²) in [7, 11) is 0. The lowest BCUT2D eigenvalue weighted by molar-refractivity contribution is -0.182. The summed E-state index contributed by atoms with van der Waals surface area (Å²) < 4.78 is 6.10. The molecule has 30 heavy (non-hydrogen) atoms. The van der Waals surface area contributed by atoms with Gasteiger partial charge in [-0.25, -0.2) is 0 Å². The number of fused-ring (bicyclic) bond motifs is 5. The van der Waals surface area contributed by atoms with Crippen molar-refractivity contribution in [1.29, 1.82) is 0 Å². The van der Waals surface area contributed by atoms with Crippen LogP contribution in [0.3, 0.4) is 0 Å². The molecule has 4 nitrogen and oxygen atoms in total. The Kier molecular flexibility index (Phi) is 5.57. The number of ether oxygens (including phenoxy) is 1. The third-order valence-electron chi connectivity index (χ3n) is 8.96. The van der Waals surface area contributed by atoms with Gasteiger partial charge in [-0.3, -0.25) is 14.4 Å². The van der Waals surface area contributed by atoms with E-state index in [1.165, 1.54) is 5.57 Å². The van der Waals surface area contributed by atoms with Crippen LogP contribution < -0.4 is 0 Å². The van der Waals surface area contributed by atoms with E-state index in [1.807, 2.05) is 13.0 Å². The van der Waals surface area contributed by atoms with Crippen LogP contribution in [0.5, 0.6) is 0 Å². The number of carbonyl (C=O) groups is 3. The first kappa shape index (κ1) is 21.5. The van der Waals surface area contributed by atoms with E-state index < -0.39 is 5.60 Å². The molecule has 3 saturated carbocycles. The average Bonchev–Trinajstić information content (AvgIpc) is 2.93. The molecule has 0 aliphatic heterocycles. The van der Waals surface area contributed by atoms with Gasteiger partial charge in [0.25, 0.3) is 0 Å². The number of carbonyl (C=O) groups excluding carboxylic acids is 3. The number of esters is 1. The Bertz CT molecular complexity index is 808. The molecule has 0 saturated heterocycles. The SMILES string of the molecule is C=C1C[C@H]2[C@@H]3CCC4=CC(=O)CC[C@@H]4[C@H]3CC[C@]2(C)[C@]1(OC(=O)CCCC)C(C)=O. The van der Waals surface area contributed by atoms with Crippen LogP contribution >= 0.6 is 0 Å². The van der Waals surface area contributed by atoms with Gasteiger partial charge in [-0.15, -0.1) is 0 Å². The van der Waals surface area contributed by atoms with Crippen LogP contribution in [-0.2, 0) is 19.1 Å². The molecule has 4 aliphatic carbocycles. The topological polar surface area (TPSA) is 60.4 Å². The van der Waals surface area contributed by atoms with Gasteiger partial charge in [0.2, 0.25) is 0 Å². The van der Waals surface area contributed by atoms with E-state index in [0.29, 0.717) is 36.5 Å². The van der Waals surface area contributed by atoms with Gasteiger partial charge in [0.05, 0.1) is 0 Å². The van der Waals surface area contributed by atoms with E-state index in [-0.39, 0.29) is 23.0 Å². The molecular weight excluding hydrogens is 376 g/mol. The largest absolute Gasteiger partial charge is 0.446 e. The molecule has 0 spiro atoms. The molecule has 0 heterocycles. The Labute approximate surface area is 180 Å². The molecule has 164 valence electrons. The molecule has 0 aromatic carbocycles. The van der Waals surface area contributed by atoms with Crippen LogP contribution in [0.4, 0.5) is 0 Å².